The molecule has 2 aromatic carbocycles. The van der Waals surface area contributed by atoms with Gasteiger partial charge < -0.3 is 10.1 Å². The van der Waals surface area contributed by atoms with Crippen molar-refractivity contribution in [2.45, 2.75) is 20.8 Å². The lowest BCUT2D eigenvalue weighted by Gasteiger charge is -2.12. The molecular formula is C22H23N3O3. The van der Waals surface area contributed by atoms with Crippen LogP contribution in [0.2, 0.25) is 0 Å². The maximum atomic E-state index is 12.2. The molecule has 144 valence electrons. The van der Waals surface area contributed by atoms with Crippen LogP contribution in [0.25, 0.3) is 11.3 Å². The first-order valence-electron chi connectivity index (χ1n) is 8.99. The van der Waals surface area contributed by atoms with E-state index in [0.29, 0.717) is 11.4 Å². The molecule has 1 heterocycles. The number of carbonyl (C=O) groups is 1. The third-order valence-electron chi connectivity index (χ3n) is 4.55. The first-order valence-corrected chi connectivity index (χ1v) is 8.99. The molecule has 1 amide bonds. The summed E-state index contributed by atoms with van der Waals surface area (Å²) in [6, 6.07) is 14.5. The van der Waals surface area contributed by atoms with Crippen LogP contribution in [0.5, 0.6) is 5.75 Å². The summed E-state index contributed by atoms with van der Waals surface area (Å²) >= 11 is 0. The second kappa shape index (κ2) is 8.08. The van der Waals surface area contributed by atoms with Gasteiger partial charge in [-0.1, -0.05) is 18.2 Å². The van der Waals surface area contributed by atoms with Gasteiger partial charge in [0.15, 0.2) is 6.61 Å². The molecule has 0 spiro atoms. The summed E-state index contributed by atoms with van der Waals surface area (Å²) in [4.78, 5) is 23.7. The summed E-state index contributed by atoms with van der Waals surface area (Å²) in [5.41, 5.74) is 5.32. The number of anilines is 1. The Morgan fingerprint density at radius 1 is 1.07 bits per heavy atom. The molecule has 0 bridgehead atoms. The van der Waals surface area contributed by atoms with Gasteiger partial charge in [0.1, 0.15) is 5.75 Å². The number of carbonyl (C=O) groups excluding carboxylic acids is 1. The van der Waals surface area contributed by atoms with Gasteiger partial charge in [-0.05, 0) is 61.7 Å². The monoisotopic (exact) mass is 377 g/mol. The van der Waals surface area contributed by atoms with Crippen molar-refractivity contribution in [3.05, 3.63) is 75.6 Å². The fourth-order valence-electron chi connectivity index (χ4n) is 2.87. The van der Waals surface area contributed by atoms with E-state index in [9.17, 15) is 9.59 Å². The van der Waals surface area contributed by atoms with Gasteiger partial charge in [0.2, 0.25) is 0 Å². The molecule has 0 atom stereocenters. The van der Waals surface area contributed by atoms with Crippen molar-refractivity contribution >= 4 is 11.6 Å². The van der Waals surface area contributed by atoms with Crippen LogP contribution in [0.15, 0.2) is 53.3 Å². The van der Waals surface area contributed by atoms with Crippen molar-refractivity contribution in [2.24, 2.45) is 7.05 Å². The standard InChI is InChI=1S/C22H23N3O3/c1-14-11-15(2)16(3)20(12-14)28-13-21(26)23-18-7-5-17(6-8-18)19-9-10-22(27)25(4)24-19/h5-12H,13H2,1-4H3,(H,23,26). The highest BCUT2D eigenvalue weighted by molar-refractivity contribution is 5.92. The topological polar surface area (TPSA) is 73.2 Å². The Hall–Kier alpha value is -3.41. The highest BCUT2D eigenvalue weighted by Gasteiger charge is 2.08. The first-order chi connectivity index (χ1) is 13.3. The molecule has 0 aliphatic carbocycles. The summed E-state index contributed by atoms with van der Waals surface area (Å²) in [7, 11) is 1.61. The molecule has 6 nitrogen and oxygen atoms in total. The highest BCUT2D eigenvalue weighted by Crippen LogP contribution is 2.23. The van der Waals surface area contributed by atoms with Gasteiger partial charge in [0, 0.05) is 24.4 Å². The molecular weight excluding hydrogens is 354 g/mol. The Bertz CT molecular complexity index is 1070. The fourth-order valence-corrected chi connectivity index (χ4v) is 2.87. The normalized spacial score (nSPS) is 10.6. The maximum Gasteiger partial charge on any atom is 0.266 e. The lowest BCUT2D eigenvalue weighted by atomic mass is 10.1. The largest absolute Gasteiger partial charge is 0.483 e. The number of rotatable bonds is 5. The molecule has 0 unspecified atom stereocenters. The van der Waals surface area contributed by atoms with Crippen LogP contribution in [0.3, 0.4) is 0 Å². The Balaban J connectivity index is 1.63. The number of amides is 1. The Morgan fingerprint density at radius 2 is 1.79 bits per heavy atom. The van der Waals surface area contributed by atoms with Crippen molar-refractivity contribution < 1.29 is 9.53 Å². The molecule has 0 fully saturated rings. The number of hydrogen-bond acceptors (Lipinski definition) is 4. The van der Waals surface area contributed by atoms with Gasteiger partial charge in [0.05, 0.1) is 5.69 Å². The predicted molar refractivity (Wildman–Crippen MR) is 110 cm³/mol. The van der Waals surface area contributed by atoms with Gasteiger partial charge in [-0.25, -0.2) is 4.68 Å². The molecule has 1 N–H and O–H groups in total. The molecule has 3 rings (SSSR count). The van der Waals surface area contributed by atoms with Crippen molar-refractivity contribution in [3.8, 4) is 17.0 Å². The SMILES string of the molecule is Cc1cc(C)c(C)c(OCC(=O)Nc2ccc(-c3ccc(=O)n(C)n3)cc2)c1. The van der Waals surface area contributed by atoms with Gasteiger partial charge in [-0.15, -0.1) is 0 Å². The third-order valence-corrected chi connectivity index (χ3v) is 4.55. The van der Waals surface area contributed by atoms with E-state index in [1.54, 1.807) is 25.2 Å². The van der Waals surface area contributed by atoms with Crippen molar-refractivity contribution in [1.82, 2.24) is 9.78 Å². The average Bonchev–Trinajstić information content (AvgIpc) is 2.66. The molecule has 1 aromatic heterocycles. The minimum Gasteiger partial charge on any atom is -0.483 e. The number of nitrogens with zero attached hydrogens (tertiary/aromatic N) is 2. The predicted octanol–water partition coefficient (Wildman–Crippen LogP) is 3.39. The number of benzene rings is 2. The molecule has 0 saturated heterocycles. The summed E-state index contributed by atoms with van der Waals surface area (Å²) in [5, 5.41) is 7.04. The molecule has 3 aromatic rings. The van der Waals surface area contributed by atoms with Gasteiger partial charge in [-0.2, -0.15) is 5.10 Å². The molecule has 0 aliphatic heterocycles. The van der Waals surface area contributed by atoms with Crippen LogP contribution in [0, 0.1) is 20.8 Å². The number of aryl methyl sites for hydroxylation is 3. The Kier molecular flexibility index (Phi) is 5.59. The fraction of sp³-hybridized carbons (Fsp3) is 0.227. The van der Waals surface area contributed by atoms with Crippen LogP contribution >= 0.6 is 0 Å². The minimum atomic E-state index is -0.230. The average molecular weight is 377 g/mol. The molecule has 28 heavy (non-hydrogen) atoms. The van der Waals surface area contributed by atoms with Crippen LogP contribution in [0.1, 0.15) is 16.7 Å². The van der Waals surface area contributed by atoms with E-state index in [0.717, 1.165) is 28.0 Å². The number of nitrogens with one attached hydrogen (secondary N) is 1. The highest BCUT2D eigenvalue weighted by atomic mass is 16.5. The van der Waals surface area contributed by atoms with Gasteiger partial charge in [-0.3, -0.25) is 9.59 Å². The van der Waals surface area contributed by atoms with E-state index in [1.807, 2.05) is 39.0 Å². The van der Waals surface area contributed by atoms with Crippen LogP contribution in [-0.4, -0.2) is 22.3 Å². The van der Waals surface area contributed by atoms with E-state index in [-0.39, 0.29) is 18.1 Å². The van der Waals surface area contributed by atoms with Crippen molar-refractivity contribution in [3.63, 3.8) is 0 Å². The second-order valence-corrected chi connectivity index (χ2v) is 6.80. The quantitative estimate of drug-likeness (QED) is 0.740. The van der Waals surface area contributed by atoms with E-state index in [4.69, 9.17) is 4.74 Å². The summed E-state index contributed by atoms with van der Waals surface area (Å²) in [6.07, 6.45) is 0. The van der Waals surface area contributed by atoms with Crippen molar-refractivity contribution in [1.29, 1.82) is 0 Å². The lowest BCUT2D eigenvalue weighted by molar-refractivity contribution is -0.118. The summed E-state index contributed by atoms with van der Waals surface area (Å²) in [5.74, 6) is 0.496. The van der Waals surface area contributed by atoms with Crippen LogP contribution < -0.4 is 15.6 Å². The number of hydrogen-bond donors (Lipinski definition) is 1. The van der Waals surface area contributed by atoms with E-state index >= 15 is 0 Å². The lowest BCUT2D eigenvalue weighted by Crippen LogP contribution is -2.20. The molecule has 6 heteroatoms. The van der Waals surface area contributed by atoms with E-state index in [1.165, 1.54) is 10.7 Å². The Labute approximate surface area is 163 Å². The minimum absolute atomic E-state index is 0.0617. The summed E-state index contributed by atoms with van der Waals surface area (Å²) < 4.78 is 6.98. The first kappa shape index (κ1) is 19.4. The maximum absolute atomic E-state index is 12.2. The van der Waals surface area contributed by atoms with Crippen LogP contribution in [0.4, 0.5) is 5.69 Å². The zero-order chi connectivity index (χ0) is 20.3. The van der Waals surface area contributed by atoms with Gasteiger partial charge in [0.25, 0.3) is 11.5 Å². The summed E-state index contributed by atoms with van der Waals surface area (Å²) in [6.45, 7) is 5.94. The molecule has 0 radical (unpaired) electrons. The van der Waals surface area contributed by atoms with E-state index in [2.05, 4.69) is 16.5 Å². The second-order valence-electron chi connectivity index (χ2n) is 6.80. The van der Waals surface area contributed by atoms with E-state index < -0.39 is 0 Å². The number of aromatic nitrogens is 2. The van der Waals surface area contributed by atoms with Crippen LogP contribution in [-0.2, 0) is 11.8 Å². The Morgan fingerprint density at radius 3 is 2.46 bits per heavy atom. The van der Waals surface area contributed by atoms with Gasteiger partial charge >= 0.3 is 0 Å². The smallest absolute Gasteiger partial charge is 0.266 e. The molecule has 0 aliphatic rings. The van der Waals surface area contributed by atoms with Crippen molar-refractivity contribution in [2.75, 3.05) is 11.9 Å². The molecule has 0 saturated carbocycles. The number of ether oxygens (including phenoxy) is 1. The zero-order valence-corrected chi connectivity index (χ0v) is 16.4. The third kappa shape index (κ3) is 4.46. The zero-order valence-electron chi connectivity index (χ0n) is 16.4.